The van der Waals surface area contributed by atoms with Crippen molar-refractivity contribution >= 4 is 29.1 Å². The van der Waals surface area contributed by atoms with Crippen LogP contribution >= 0.6 is 23.2 Å². The molecule has 0 radical (unpaired) electrons. The van der Waals surface area contributed by atoms with Crippen LogP contribution in [0.5, 0.6) is 5.75 Å². The van der Waals surface area contributed by atoms with Crippen LogP contribution in [0.4, 0.5) is 0 Å². The van der Waals surface area contributed by atoms with Crippen LogP contribution in [-0.4, -0.2) is 41.9 Å². The highest BCUT2D eigenvalue weighted by atomic mass is 35.5. The highest BCUT2D eigenvalue weighted by Gasteiger charge is 2.24. The van der Waals surface area contributed by atoms with E-state index in [4.69, 9.17) is 32.4 Å². The van der Waals surface area contributed by atoms with E-state index >= 15 is 0 Å². The zero-order valence-electron chi connectivity index (χ0n) is 18.2. The molecule has 0 atom stereocenters. The van der Waals surface area contributed by atoms with Crippen LogP contribution in [0.2, 0.25) is 10.0 Å². The van der Waals surface area contributed by atoms with Crippen molar-refractivity contribution in [3.8, 4) is 5.75 Å². The Morgan fingerprint density at radius 1 is 0.938 bits per heavy atom. The third-order valence-electron chi connectivity index (χ3n) is 5.50. The smallest absolute Gasteiger partial charge is 0.289 e. The highest BCUT2D eigenvalue weighted by Crippen LogP contribution is 2.24. The van der Waals surface area contributed by atoms with Gasteiger partial charge in [0.15, 0.2) is 5.76 Å². The summed E-state index contributed by atoms with van der Waals surface area (Å²) in [5.74, 6) is 1.69. The molecule has 1 saturated heterocycles. The standard InChI is InChI=1S/C25H26Cl2N2O3/c1-17-11-18(2)13-21(12-17)31-16-20-4-6-24(32-20)25(30)29-9-7-28(8-10-29)15-19-3-5-22(26)23(27)14-19/h3-6,11-14H,7-10,15-16H2,1-2H3. The molecule has 1 aliphatic heterocycles. The Hall–Kier alpha value is -2.47. The van der Waals surface area contributed by atoms with Crippen LogP contribution in [0.3, 0.4) is 0 Å². The Balaban J connectivity index is 1.28. The molecular formula is C25H26Cl2N2O3. The van der Waals surface area contributed by atoms with Crippen molar-refractivity contribution in [1.82, 2.24) is 9.80 Å². The lowest BCUT2D eigenvalue weighted by Gasteiger charge is -2.34. The Labute approximate surface area is 198 Å². The number of benzene rings is 2. The second kappa shape index (κ2) is 9.99. The molecule has 7 heteroatoms. The molecule has 0 saturated carbocycles. The summed E-state index contributed by atoms with van der Waals surface area (Å²) in [6, 6.07) is 15.3. The minimum Gasteiger partial charge on any atom is -0.486 e. The normalized spacial score (nSPS) is 14.6. The van der Waals surface area contributed by atoms with Crippen LogP contribution in [0.1, 0.15) is 33.0 Å². The number of halogens is 2. The molecule has 32 heavy (non-hydrogen) atoms. The summed E-state index contributed by atoms with van der Waals surface area (Å²) in [6.45, 7) is 8.00. The van der Waals surface area contributed by atoms with Crippen LogP contribution in [0.15, 0.2) is 52.9 Å². The SMILES string of the molecule is Cc1cc(C)cc(OCc2ccc(C(=O)N3CCN(Cc4ccc(Cl)c(Cl)c4)CC3)o2)c1. The van der Waals surface area contributed by atoms with Crippen LogP contribution < -0.4 is 4.74 Å². The number of carbonyl (C=O) groups excluding carboxylic acids is 1. The van der Waals surface area contributed by atoms with Gasteiger partial charge in [0.2, 0.25) is 0 Å². The molecule has 3 aromatic rings. The molecule has 2 heterocycles. The first-order valence-electron chi connectivity index (χ1n) is 10.6. The monoisotopic (exact) mass is 472 g/mol. The average Bonchev–Trinajstić information content (AvgIpc) is 3.23. The van der Waals surface area contributed by atoms with E-state index in [1.165, 1.54) is 0 Å². The topological polar surface area (TPSA) is 45.9 Å². The second-order valence-corrected chi connectivity index (χ2v) is 9.01. The average molecular weight is 473 g/mol. The van der Waals surface area contributed by atoms with Gasteiger partial charge in [0, 0.05) is 32.7 Å². The summed E-state index contributed by atoms with van der Waals surface area (Å²) < 4.78 is 11.6. The van der Waals surface area contributed by atoms with Gasteiger partial charge in [-0.2, -0.15) is 0 Å². The first-order valence-corrected chi connectivity index (χ1v) is 11.4. The zero-order valence-corrected chi connectivity index (χ0v) is 19.7. The van der Waals surface area contributed by atoms with Crippen molar-refractivity contribution < 1.29 is 13.9 Å². The van der Waals surface area contributed by atoms with Gasteiger partial charge < -0.3 is 14.1 Å². The van der Waals surface area contributed by atoms with E-state index in [1.807, 2.05) is 49.1 Å². The molecule has 0 N–H and O–H groups in total. The minimum atomic E-state index is -0.0863. The van der Waals surface area contributed by atoms with Crippen molar-refractivity contribution in [2.24, 2.45) is 0 Å². The number of carbonyl (C=O) groups is 1. The number of amides is 1. The summed E-state index contributed by atoms with van der Waals surface area (Å²) in [4.78, 5) is 17.0. The maximum atomic E-state index is 12.9. The van der Waals surface area contributed by atoms with Gasteiger partial charge in [-0.25, -0.2) is 0 Å². The van der Waals surface area contributed by atoms with Gasteiger partial charge in [-0.05, 0) is 66.9 Å². The molecule has 1 fully saturated rings. The van der Waals surface area contributed by atoms with E-state index in [0.717, 1.165) is 42.1 Å². The molecule has 0 spiro atoms. The summed E-state index contributed by atoms with van der Waals surface area (Å²) >= 11 is 12.1. The molecule has 1 amide bonds. The van der Waals surface area contributed by atoms with E-state index < -0.39 is 0 Å². The van der Waals surface area contributed by atoms with E-state index in [9.17, 15) is 4.79 Å². The van der Waals surface area contributed by atoms with Gasteiger partial charge in [0.1, 0.15) is 18.1 Å². The van der Waals surface area contributed by atoms with E-state index in [2.05, 4.69) is 11.0 Å². The fourth-order valence-electron chi connectivity index (χ4n) is 3.90. The summed E-state index contributed by atoms with van der Waals surface area (Å²) in [7, 11) is 0. The fraction of sp³-hybridized carbons (Fsp3) is 0.320. The van der Waals surface area contributed by atoms with Crippen molar-refractivity contribution in [3.63, 3.8) is 0 Å². The molecule has 4 rings (SSSR count). The van der Waals surface area contributed by atoms with Crippen molar-refractivity contribution in [1.29, 1.82) is 0 Å². The van der Waals surface area contributed by atoms with Crippen molar-refractivity contribution in [2.45, 2.75) is 27.0 Å². The first kappa shape index (κ1) is 22.7. The predicted molar refractivity (Wildman–Crippen MR) is 127 cm³/mol. The lowest BCUT2D eigenvalue weighted by atomic mass is 10.1. The third kappa shape index (κ3) is 5.66. The Kier molecular flexibility index (Phi) is 7.09. The molecule has 2 aromatic carbocycles. The summed E-state index contributed by atoms with van der Waals surface area (Å²) in [5.41, 5.74) is 3.40. The van der Waals surface area contributed by atoms with E-state index in [1.54, 1.807) is 12.1 Å². The van der Waals surface area contributed by atoms with Gasteiger partial charge in [-0.3, -0.25) is 9.69 Å². The van der Waals surface area contributed by atoms with Gasteiger partial charge in [-0.15, -0.1) is 0 Å². The van der Waals surface area contributed by atoms with E-state index in [0.29, 0.717) is 34.7 Å². The number of aryl methyl sites for hydroxylation is 2. The lowest BCUT2D eigenvalue weighted by Crippen LogP contribution is -2.48. The highest BCUT2D eigenvalue weighted by molar-refractivity contribution is 6.42. The first-order chi connectivity index (χ1) is 15.4. The molecule has 0 unspecified atom stereocenters. The molecule has 0 bridgehead atoms. The Morgan fingerprint density at radius 2 is 1.66 bits per heavy atom. The fourth-order valence-corrected chi connectivity index (χ4v) is 4.22. The number of nitrogens with zero attached hydrogens (tertiary/aromatic N) is 2. The molecule has 0 aliphatic carbocycles. The molecule has 5 nitrogen and oxygen atoms in total. The van der Waals surface area contributed by atoms with Gasteiger partial charge >= 0.3 is 0 Å². The van der Waals surface area contributed by atoms with Gasteiger partial charge in [-0.1, -0.05) is 35.3 Å². The molecule has 1 aromatic heterocycles. The number of rotatable bonds is 6. The van der Waals surface area contributed by atoms with Gasteiger partial charge in [0.25, 0.3) is 5.91 Å². The number of ether oxygens (including phenoxy) is 1. The number of hydrogen-bond acceptors (Lipinski definition) is 4. The predicted octanol–water partition coefficient (Wildman–Crippen LogP) is 5.74. The van der Waals surface area contributed by atoms with Crippen molar-refractivity contribution in [3.05, 3.63) is 86.8 Å². The second-order valence-electron chi connectivity index (χ2n) is 8.19. The minimum absolute atomic E-state index is 0.0863. The summed E-state index contributed by atoms with van der Waals surface area (Å²) in [6.07, 6.45) is 0. The largest absolute Gasteiger partial charge is 0.486 e. The van der Waals surface area contributed by atoms with Crippen LogP contribution in [-0.2, 0) is 13.2 Å². The van der Waals surface area contributed by atoms with Crippen LogP contribution in [0.25, 0.3) is 0 Å². The zero-order chi connectivity index (χ0) is 22.7. The molecule has 1 aliphatic rings. The summed E-state index contributed by atoms with van der Waals surface area (Å²) in [5, 5.41) is 1.12. The quantitative estimate of drug-likeness (QED) is 0.458. The van der Waals surface area contributed by atoms with Crippen LogP contribution in [0, 0.1) is 13.8 Å². The molecule has 168 valence electrons. The van der Waals surface area contributed by atoms with Gasteiger partial charge in [0.05, 0.1) is 10.0 Å². The number of furan rings is 1. The molecular weight excluding hydrogens is 447 g/mol. The maximum absolute atomic E-state index is 12.9. The maximum Gasteiger partial charge on any atom is 0.289 e. The van der Waals surface area contributed by atoms with Crippen molar-refractivity contribution in [2.75, 3.05) is 26.2 Å². The Morgan fingerprint density at radius 3 is 2.34 bits per heavy atom. The number of hydrogen-bond donors (Lipinski definition) is 0. The number of piperazine rings is 1. The Bertz CT molecular complexity index is 1080. The van der Waals surface area contributed by atoms with E-state index in [-0.39, 0.29) is 12.5 Å². The third-order valence-corrected chi connectivity index (χ3v) is 6.24. The lowest BCUT2D eigenvalue weighted by molar-refractivity contribution is 0.0594.